The third-order valence-electron chi connectivity index (χ3n) is 3.32. The fourth-order valence-corrected chi connectivity index (χ4v) is 2.04. The SMILES string of the molecule is COC(=O)c1ccc(C)c(OCC(=O)N[C@@H](C)c2ccco2)c1. The molecule has 0 aliphatic heterocycles. The van der Waals surface area contributed by atoms with Gasteiger partial charge in [-0.3, -0.25) is 4.79 Å². The zero-order chi connectivity index (χ0) is 16.8. The van der Waals surface area contributed by atoms with Crippen molar-refractivity contribution in [3.63, 3.8) is 0 Å². The molecule has 2 aromatic rings. The molecule has 0 saturated heterocycles. The van der Waals surface area contributed by atoms with Crippen LogP contribution in [0.5, 0.6) is 5.75 Å². The van der Waals surface area contributed by atoms with Gasteiger partial charge in [-0.25, -0.2) is 4.79 Å². The first-order valence-electron chi connectivity index (χ1n) is 7.15. The Morgan fingerprint density at radius 3 is 2.74 bits per heavy atom. The zero-order valence-electron chi connectivity index (χ0n) is 13.3. The number of furan rings is 1. The maximum absolute atomic E-state index is 11.9. The van der Waals surface area contributed by atoms with Gasteiger partial charge in [0, 0.05) is 0 Å². The lowest BCUT2D eigenvalue weighted by Crippen LogP contribution is -2.31. The minimum absolute atomic E-state index is 0.156. The number of rotatable bonds is 6. The highest BCUT2D eigenvalue weighted by Gasteiger charge is 2.14. The Morgan fingerprint density at radius 2 is 2.09 bits per heavy atom. The molecule has 0 fully saturated rings. The van der Waals surface area contributed by atoms with Gasteiger partial charge >= 0.3 is 5.97 Å². The van der Waals surface area contributed by atoms with Gasteiger partial charge in [0.2, 0.25) is 0 Å². The Kier molecular flexibility index (Phi) is 5.41. The van der Waals surface area contributed by atoms with Crippen molar-refractivity contribution in [1.29, 1.82) is 0 Å². The fraction of sp³-hybridized carbons (Fsp3) is 0.294. The molecular formula is C17H19NO5. The Labute approximate surface area is 134 Å². The molecule has 122 valence electrons. The summed E-state index contributed by atoms with van der Waals surface area (Å²) in [5.41, 5.74) is 1.20. The molecule has 0 saturated carbocycles. The van der Waals surface area contributed by atoms with Crippen molar-refractivity contribution in [2.24, 2.45) is 0 Å². The average Bonchev–Trinajstić information content (AvgIpc) is 3.08. The molecule has 23 heavy (non-hydrogen) atoms. The molecule has 1 aromatic heterocycles. The predicted molar refractivity (Wildman–Crippen MR) is 83.3 cm³/mol. The number of methoxy groups -OCH3 is 1. The highest BCUT2D eigenvalue weighted by molar-refractivity contribution is 5.90. The smallest absolute Gasteiger partial charge is 0.337 e. The van der Waals surface area contributed by atoms with Gasteiger partial charge in [0.25, 0.3) is 5.91 Å². The average molecular weight is 317 g/mol. The molecule has 1 N–H and O–H groups in total. The van der Waals surface area contributed by atoms with Crippen LogP contribution in [-0.2, 0) is 9.53 Å². The van der Waals surface area contributed by atoms with Crippen LogP contribution in [0.15, 0.2) is 41.0 Å². The molecule has 0 unspecified atom stereocenters. The maximum atomic E-state index is 11.9. The first-order valence-corrected chi connectivity index (χ1v) is 7.15. The van der Waals surface area contributed by atoms with Crippen LogP contribution in [0, 0.1) is 6.92 Å². The van der Waals surface area contributed by atoms with Crippen LogP contribution >= 0.6 is 0 Å². The van der Waals surface area contributed by atoms with Crippen molar-refractivity contribution in [3.05, 3.63) is 53.5 Å². The molecule has 1 amide bonds. The topological polar surface area (TPSA) is 77.8 Å². The van der Waals surface area contributed by atoms with Crippen molar-refractivity contribution in [2.45, 2.75) is 19.9 Å². The highest BCUT2D eigenvalue weighted by atomic mass is 16.5. The number of esters is 1. The Hall–Kier alpha value is -2.76. The fourth-order valence-electron chi connectivity index (χ4n) is 2.04. The maximum Gasteiger partial charge on any atom is 0.337 e. The number of aryl methyl sites for hydroxylation is 1. The van der Waals surface area contributed by atoms with Crippen LogP contribution in [0.1, 0.15) is 34.6 Å². The summed E-state index contributed by atoms with van der Waals surface area (Å²) in [6, 6.07) is 8.25. The van der Waals surface area contributed by atoms with Gasteiger partial charge in [0.15, 0.2) is 6.61 Å². The van der Waals surface area contributed by atoms with Crippen molar-refractivity contribution in [1.82, 2.24) is 5.32 Å². The first-order chi connectivity index (χ1) is 11.0. The molecule has 1 aromatic carbocycles. The molecule has 6 nitrogen and oxygen atoms in total. The van der Waals surface area contributed by atoms with Crippen LogP contribution in [0.4, 0.5) is 0 Å². The number of benzene rings is 1. The molecule has 2 rings (SSSR count). The first kappa shape index (κ1) is 16.6. The van der Waals surface area contributed by atoms with Crippen LogP contribution in [0.25, 0.3) is 0 Å². The Balaban J connectivity index is 1.94. The number of hydrogen-bond acceptors (Lipinski definition) is 5. The molecular weight excluding hydrogens is 298 g/mol. The quantitative estimate of drug-likeness (QED) is 0.829. The second kappa shape index (κ2) is 7.49. The third-order valence-corrected chi connectivity index (χ3v) is 3.32. The van der Waals surface area contributed by atoms with E-state index in [2.05, 4.69) is 10.1 Å². The summed E-state index contributed by atoms with van der Waals surface area (Å²) in [4.78, 5) is 23.5. The molecule has 0 spiro atoms. The van der Waals surface area contributed by atoms with Crippen molar-refractivity contribution >= 4 is 11.9 Å². The predicted octanol–water partition coefficient (Wildman–Crippen LogP) is 2.63. The number of nitrogens with one attached hydrogen (secondary N) is 1. The summed E-state index contributed by atoms with van der Waals surface area (Å²) in [7, 11) is 1.31. The second-order valence-electron chi connectivity index (χ2n) is 5.07. The van der Waals surface area contributed by atoms with E-state index in [1.807, 2.05) is 13.8 Å². The molecule has 0 radical (unpaired) electrons. The van der Waals surface area contributed by atoms with Gasteiger partial charge in [-0.15, -0.1) is 0 Å². The van der Waals surface area contributed by atoms with Gasteiger partial charge in [-0.2, -0.15) is 0 Å². The minimum Gasteiger partial charge on any atom is -0.483 e. The van der Waals surface area contributed by atoms with E-state index in [1.54, 1.807) is 36.6 Å². The number of carbonyl (C=O) groups is 2. The largest absolute Gasteiger partial charge is 0.483 e. The number of amides is 1. The summed E-state index contributed by atoms with van der Waals surface area (Å²) in [6.07, 6.45) is 1.55. The third kappa shape index (κ3) is 4.35. The normalized spacial score (nSPS) is 11.6. The summed E-state index contributed by atoms with van der Waals surface area (Å²) < 4.78 is 15.4. The highest BCUT2D eigenvalue weighted by Crippen LogP contribution is 2.20. The van der Waals surface area contributed by atoms with Gasteiger partial charge in [-0.05, 0) is 43.7 Å². The van der Waals surface area contributed by atoms with Crippen molar-refractivity contribution in [2.75, 3.05) is 13.7 Å². The van der Waals surface area contributed by atoms with Crippen molar-refractivity contribution in [3.8, 4) is 5.75 Å². The molecule has 1 heterocycles. The summed E-state index contributed by atoms with van der Waals surface area (Å²) >= 11 is 0. The molecule has 6 heteroatoms. The lowest BCUT2D eigenvalue weighted by atomic mass is 10.1. The van der Waals surface area contributed by atoms with E-state index in [0.29, 0.717) is 17.1 Å². The van der Waals surface area contributed by atoms with E-state index in [-0.39, 0.29) is 18.6 Å². The van der Waals surface area contributed by atoms with Crippen LogP contribution in [-0.4, -0.2) is 25.6 Å². The summed E-state index contributed by atoms with van der Waals surface area (Å²) in [5, 5.41) is 2.77. The monoisotopic (exact) mass is 317 g/mol. The zero-order valence-corrected chi connectivity index (χ0v) is 13.3. The molecule has 0 bridgehead atoms. The Morgan fingerprint density at radius 1 is 1.30 bits per heavy atom. The van der Waals surface area contributed by atoms with Gasteiger partial charge in [0.1, 0.15) is 11.5 Å². The van der Waals surface area contributed by atoms with E-state index < -0.39 is 5.97 Å². The van der Waals surface area contributed by atoms with Crippen LogP contribution < -0.4 is 10.1 Å². The standard InChI is InChI=1S/C17H19NO5/c1-11-6-7-13(17(20)21-3)9-15(11)23-10-16(19)18-12(2)14-5-4-8-22-14/h4-9,12H,10H2,1-3H3,(H,18,19)/t12-/m0/s1. The van der Waals surface area contributed by atoms with E-state index in [4.69, 9.17) is 9.15 Å². The van der Waals surface area contributed by atoms with Gasteiger partial charge in [-0.1, -0.05) is 6.07 Å². The lowest BCUT2D eigenvalue weighted by molar-refractivity contribution is -0.123. The molecule has 0 aliphatic carbocycles. The van der Waals surface area contributed by atoms with E-state index in [0.717, 1.165) is 5.56 Å². The minimum atomic E-state index is -0.453. The van der Waals surface area contributed by atoms with Crippen molar-refractivity contribution < 1.29 is 23.5 Å². The lowest BCUT2D eigenvalue weighted by Gasteiger charge is -2.13. The Bertz CT molecular complexity index is 678. The van der Waals surface area contributed by atoms with E-state index in [1.165, 1.54) is 7.11 Å². The van der Waals surface area contributed by atoms with Gasteiger partial charge in [0.05, 0.1) is 25.0 Å². The molecule has 0 aliphatic rings. The summed E-state index contributed by atoms with van der Waals surface area (Å²) in [5.74, 6) is 0.401. The second-order valence-corrected chi connectivity index (χ2v) is 5.07. The van der Waals surface area contributed by atoms with Crippen LogP contribution in [0.2, 0.25) is 0 Å². The van der Waals surface area contributed by atoms with Gasteiger partial charge < -0.3 is 19.2 Å². The van der Waals surface area contributed by atoms with Crippen LogP contribution in [0.3, 0.4) is 0 Å². The number of carbonyl (C=O) groups excluding carboxylic acids is 2. The van der Waals surface area contributed by atoms with E-state index >= 15 is 0 Å². The van der Waals surface area contributed by atoms with E-state index in [9.17, 15) is 9.59 Å². The number of hydrogen-bond donors (Lipinski definition) is 1. The molecule has 1 atom stereocenters. The number of ether oxygens (including phenoxy) is 2. The summed E-state index contributed by atoms with van der Waals surface area (Å²) in [6.45, 7) is 3.50.